The number of nitrogens with one attached hydrogen (secondary N) is 1. The molecule has 0 radical (unpaired) electrons. The molecule has 1 rings (SSSR count). The number of hydrogen-bond donors (Lipinski definition) is 1. The zero-order valence-corrected chi connectivity index (χ0v) is 9.04. The minimum absolute atomic E-state index is 0.377. The first kappa shape index (κ1) is 10.3. The van der Waals surface area contributed by atoms with E-state index in [0.717, 1.165) is 5.13 Å². The molecule has 0 aromatic carbocycles. The smallest absolute Gasteiger partial charge is 0.184 e. The molecule has 0 saturated carbocycles. The highest BCUT2D eigenvalue weighted by molar-refractivity contribution is 7.19. The number of halogens is 1. The van der Waals surface area contributed by atoms with Gasteiger partial charge in [0.05, 0.1) is 17.7 Å². The molecule has 0 unspecified atom stereocenters. The fourth-order valence-corrected chi connectivity index (χ4v) is 1.48. The summed E-state index contributed by atoms with van der Waals surface area (Å²) in [6, 6.07) is 2.20. The molecule has 1 aromatic rings. The summed E-state index contributed by atoms with van der Waals surface area (Å²) >= 11 is 7.07. The Labute approximate surface area is 86.4 Å². The van der Waals surface area contributed by atoms with Crippen LogP contribution in [0.1, 0.15) is 13.8 Å². The van der Waals surface area contributed by atoms with E-state index in [1.807, 2.05) is 13.8 Å². The van der Waals surface area contributed by atoms with Crippen molar-refractivity contribution in [3.05, 3.63) is 10.5 Å². The SMILES string of the molecule is CC(C)(C#N)CNc1ncc(Cl)s1. The van der Waals surface area contributed by atoms with Gasteiger partial charge in [-0.25, -0.2) is 4.98 Å². The van der Waals surface area contributed by atoms with Crippen molar-refractivity contribution < 1.29 is 0 Å². The summed E-state index contributed by atoms with van der Waals surface area (Å²) < 4.78 is 0.650. The van der Waals surface area contributed by atoms with Crippen LogP contribution in [0.4, 0.5) is 5.13 Å². The summed E-state index contributed by atoms with van der Waals surface area (Å²) in [4.78, 5) is 4.02. The zero-order valence-electron chi connectivity index (χ0n) is 7.47. The van der Waals surface area contributed by atoms with Crippen LogP contribution in [0.2, 0.25) is 4.34 Å². The molecule has 0 spiro atoms. The minimum atomic E-state index is -0.377. The van der Waals surface area contributed by atoms with Crippen molar-refractivity contribution in [3.63, 3.8) is 0 Å². The van der Waals surface area contributed by atoms with E-state index in [-0.39, 0.29) is 5.41 Å². The first-order valence-corrected chi connectivity index (χ1v) is 4.99. The maximum Gasteiger partial charge on any atom is 0.184 e. The third-order valence-corrected chi connectivity index (χ3v) is 2.53. The molecule has 70 valence electrons. The lowest BCUT2D eigenvalue weighted by atomic mass is 9.96. The summed E-state index contributed by atoms with van der Waals surface area (Å²) in [6.07, 6.45) is 1.59. The van der Waals surface area contributed by atoms with Gasteiger partial charge in [-0.15, -0.1) is 0 Å². The normalized spacial score (nSPS) is 10.9. The Balaban J connectivity index is 2.49. The van der Waals surface area contributed by atoms with Crippen LogP contribution in [0.5, 0.6) is 0 Å². The Hall–Kier alpha value is -0.790. The summed E-state index contributed by atoms with van der Waals surface area (Å²) in [5.41, 5.74) is -0.377. The Morgan fingerprint density at radius 3 is 2.92 bits per heavy atom. The van der Waals surface area contributed by atoms with E-state index in [9.17, 15) is 0 Å². The maximum absolute atomic E-state index is 8.74. The van der Waals surface area contributed by atoms with Gasteiger partial charge in [-0.2, -0.15) is 5.26 Å². The van der Waals surface area contributed by atoms with Crippen molar-refractivity contribution in [2.24, 2.45) is 5.41 Å². The van der Waals surface area contributed by atoms with Crippen molar-refractivity contribution >= 4 is 28.1 Å². The highest BCUT2D eigenvalue weighted by Crippen LogP contribution is 2.23. The van der Waals surface area contributed by atoms with Gasteiger partial charge in [0, 0.05) is 6.54 Å². The molecular formula is C8H10ClN3S. The molecule has 0 bridgehead atoms. The molecular weight excluding hydrogens is 206 g/mol. The molecule has 0 atom stereocenters. The van der Waals surface area contributed by atoms with Crippen molar-refractivity contribution in [2.75, 3.05) is 11.9 Å². The van der Waals surface area contributed by atoms with Gasteiger partial charge < -0.3 is 5.32 Å². The second-order valence-corrected chi connectivity index (χ2v) is 4.98. The second kappa shape index (κ2) is 3.95. The molecule has 1 aromatic heterocycles. The molecule has 0 aliphatic carbocycles. The van der Waals surface area contributed by atoms with Gasteiger partial charge in [0.15, 0.2) is 5.13 Å². The van der Waals surface area contributed by atoms with Crippen molar-refractivity contribution in [1.82, 2.24) is 4.98 Å². The van der Waals surface area contributed by atoms with Gasteiger partial charge in [0.1, 0.15) is 4.34 Å². The number of thiazole rings is 1. The maximum atomic E-state index is 8.74. The lowest BCUT2D eigenvalue weighted by molar-refractivity contribution is 0.529. The van der Waals surface area contributed by atoms with Gasteiger partial charge in [-0.1, -0.05) is 22.9 Å². The van der Waals surface area contributed by atoms with E-state index in [1.54, 1.807) is 6.20 Å². The fraction of sp³-hybridized carbons (Fsp3) is 0.500. The average molecular weight is 216 g/mol. The van der Waals surface area contributed by atoms with E-state index in [4.69, 9.17) is 16.9 Å². The summed E-state index contributed by atoms with van der Waals surface area (Å²) in [5, 5.41) is 12.6. The summed E-state index contributed by atoms with van der Waals surface area (Å²) in [6.45, 7) is 4.32. The van der Waals surface area contributed by atoms with E-state index < -0.39 is 0 Å². The van der Waals surface area contributed by atoms with Crippen LogP contribution >= 0.6 is 22.9 Å². The Kier molecular flexibility index (Phi) is 3.12. The fourth-order valence-electron chi connectivity index (χ4n) is 0.672. The summed E-state index contributed by atoms with van der Waals surface area (Å²) in [7, 11) is 0. The Bertz CT molecular complexity index is 326. The third kappa shape index (κ3) is 3.21. The van der Waals surface area contributed by atoms with Gasteiger partial charge in [0.25, 0.3) is 0 Å². The van der Waals surface area contributed by atoms with Crippen molar-refractivity contribution in [2.45, 2.75) is 13.8 Å². The Morgan fingerprint density at radius 2 is 2.46 bits per heavy atom. The average Bonchev–Trinajstić information content (AvgIpc) is 2.48. The van der Waals surface area contributed by atoms with E-state index in [0.29, 0.717) is 10.9 Å². The second-order valence-electron chi connectivity index (χ2n) is 3.32. The molecule has 1 heterocycles. The summed E-state index contributed by atoms with van der Waals surface area (Å²) in [5.74, 6) is 0. The zero-order chi connectivity index (χ0) is 9.90. The van der Waals surface area contributed by atoms with Gasteiger partial charge >= 0.3 is 0 Å². The molecule has 0 aliphatic rings. The minimum Gasteiger partial charge on any atom is -0.360 e. The quantitative estimate of drug-likeness (QED) is 0.844. The lowest BCUT2D eigenvalue weighted by Gasteiger charge is -2.14. The van der Waals surface area contributed by atoms with Crippen molar-refractivity contribution in [1.29, 1.82) is 5.26 Å². The number of aromatic nitrogens is 1. The van der Waals surface area contributed by atoms with Crippen LogP contribution in [0, 0.1) is 16.7 Å². The molecule has 0 aliphatic heterocycles. The largest absolute Gasteiger partial charge is 0.360 e. The van der Waals surface area contributed by atoms with Crippen LogP contribution < -0.4 is 5.32 Å². The molecule has 5 heteroatoms. The van der Waals surface area contributed by atoms with Crippen molar-refractivity contribution in [3.8, 4) is 6.07 Å². The standard InChI is InChI=1S/C8H10ClN3S/c1-8(2,4-10)5-12-7-11-3-6(9)13-7/h3H,5H2,1-2H3,(H,11,12). The van der Waals surface area contributed by atoms with Gasteiger partial charge in [-0.3, -0.25) is 0 Å². The third-order valence-electron chi connectivity index (χ3n) is 1.46. The molecule has 13 heavy (non-hydrogen) atoms. The van der Waals surface area contributed by atoms with Gasteiger partial charge in [-0.05, 0) is 13.8 Å². The van der Waals surface area contributed by atoms with E-state index in [2.05, 4.69) is 16.4 Å². The first-order valence-electron chi connectivity index (χ1n) is 3.80. The molecule has 0 saturated heterocycles. The van der Waals surface area contributed by atoms with Gasteiger partial charge in [0.2, 0.25) is 0 Å². The highest BCUT2D eigenvalue weighted by Gasteiger charge is 2.16. The van der Waals surface area contributed by atoms with Crippen LogP contribution in [0.15, 0.2) is 6.20 Å². The molecule has 3 nitrogen and oxygen atoms in total. The number of nitrogens with zero attached hydrogens (tertiary/aromatic N) is 2. The number of anilines is 1. The predicted octanol–water partition coefficient (Wildman–Crippen LogP) is 2.76. The number of rotatable bonds is 3. The Morgan fingerprint density at radius 1 is 1.77 bits per heavy atom. The van der Waals surface area contributed by atoms with E-state index in [1.165, 1.54) is 11.3 Å². The van der Waals surface area contributed by atoms with E-state index >= 15 is 0 Å². The molecule has 0 amide bonds. The van der Waals surface area contributed by atoms with Crippen LogP contribution in [0.3, 0.4) is 0 Å². The topological polar surface area (TPSA) is 48.7 Å². The van der Waals surface area contributed by atoms with Crippen LogP contribution in [-0.4, -0.2) is 11.5 Å². The monoisotopic (exact) mass is 215 g/mol. The number of nitriles is 1. The van der Waals surface area contributed by atoms with Crippen LogP contribution in [-0.2, 0) is 0 Å². The van der Waals surface area contributed by atoms with Crippen LogP contribution in [0.25, 0.3) is 0 Å². The molecule has 0 fully saturated rings. The lowest BCUT2D eigenvalue weighted by Crippen LogP contribution is -2.20. The first-order chi connectivity index (χ1) is 6.03. The predicted molar refractivity (Wildman–Crippen MR) is 55.0 cm³/mol. The molecule has 1 N–H and O–H groups in total. The highest BCUT2D eigenvalue weighted by atomic mass is 35.5. The number of hydrogen-bond acceptors (Lipinski definition) is 4.